The number of benzene rings is 1. The second-order valence-corrected chi connectivity index (χ2v) is 8.08. The monoisotopic (exact) mass is 335 g/mol. The molecule has 0 amide bonds. The number of rotatable bonds is 6. The van der Waals surface area contributed by atoms with E-state index in [1.165, 1.54) is 12.1 Å². The number of aromatic carboxylic acids is 1. The Labute approximate surface area is 126 Å². The third-order valence-electron chi connectivity index (χ3n) is 3.29. The first-order valence-electron chi connectivity index (χ1n) is 5.87. The number of hydrogen-bond donors (Lipinski definition) is 2. The molecular formula is C12H14ClNO4S2. The van der Waals surface area contributed by atoms with Gasteiger partial charge in [-0.1, -0.05) is 11.6 Å². The summed E-state index contributed by atoms with van der Waals surface area (Å²) < 4.78 is 26.9. The fourth-order valence-corrected chi connectivity index (χ4v) is 4.21. The summed E-state index contributed by atoms with van der Waals surface area (Å²) in [5.74, 6) is -1.19. The number of halogens is 1. The van der Waals surface area contributed by atoms with Crippen molar-refractivity contribution in [3.05, 3.63) is 28.8 Å². The van der Waals surface area contributed by atoms with Gasteiger partial charge in [0.25, 0.3) is 0 Å². The summed E-state index contributed by atoms with van der Waals surface area (Å²) in [7, 11) is -3.81. The van der Waals surface area contributed by atoms with Gasteiger partial charge in [0.05, 0.1) is 10.6 Å². The normalized spacial score (nSPS) is 16.9. The largest absolute Gasteiger partial charge is 0.478 e. The molecule has 2 rings (SSSR count). The first kappa shape index (κ1) is 15.6. The third-order valence-corrected chi connectivity index (χ3v) is 6.59. The van der Waals surface area contributed by atoms with Crippen LogP contribution in [0.25, 0.3) is 0 Å². The number of hydrogen-bond acceptors (Lipinski definition) is 4. The van der Waals surface area contributed by atoms with E-state index in [4.69, 9.17) is 16.7 Å². The van der Waals surface area contributed by atoms with Gasteiger partial charge in [-0.05, 0) is 37.3 Å². The Bertz CT molecular complexity index is 641. The maximum absolute atomic E-state index is 12.2. The Hall–Kier alpha value is -0.760. The Kier molecular flexibility index (Phi) is 4.34. The highest BCUT2D eigenvalue weighted by Crippen LogP contribution is 2.46. The molecule has 0 aromatic heterocycles. The molecule has 2 N–H and O–H groups in total. The molecular weight excluding hydrogens is 322 g/mol. The van der Waals surface area contributed by atoms with Gasteiger partial charge in [-0.25, -0.2) is 17.9 Å². The summed E-state index contributed by atoms with van der Waals surface area (Å²) in [6.07, 6.45) is 3.89. The van der Waals surface area contributed by atoms with Gasteiger partial charge < -0.3 is 5.11 Å². The minimum Gasteiger partial charge on any atom is -0.478 e. The molecule has 1 aromatic carbocycles. The molecule has 0 aliphatic heterocycles. The lowest BCUT2D eigenvalue weighted by molar-refractivity contribution is 0.0696. The van der Waals surface area contributed by atoms with E-state index < -0.39 is 16.0 Å². The van der Waals surface area contributed by atoms with Crippen LogP contribution in [0.15, 0.2) is 23.1 Å². The lowest BCUT2D eigenvalue weighted by Crippen LogP contribution is -2.32. The molecule has 1 aliphatic rings. The van der Waals surface area contributed by atoms with Gasteiger partial charge in [-0.3, -0.25) is 0 Å². The third kappa shape index (κ3) is 3.28. The number of carbonyl (C=O) groups is 1. The van der Waals surface area contributed by atoms with Crippen LogP contribution in [0.5, 0.6) is 0 Å². The quantitative estimate of drug-likeness (QED) is 0.832. The van der Waals surface area contributed by atoms with Crippen LogP contribution in [-0.4, -0.2) is 37.0 Å². The molecule has 0 spiro atoms. The molecule has 20 heavy (non-hydrogen) atoms. The van der Waals surface area contributed by atoms with E-state index in [1.807, 2.05) is 6.26 Å². The second kappa shape index (κ2) is 5.55. The van der Waals surface area contributed by atoms with Crippen molar-refractivity contribution in [2.24, 2.45) is 0 Å². The first-order valence-corrected chi connectivity index (χ1v) is 8.96. The van der Waals surface area contributed by atoms with Crippen LogP contribution in [0, 0.1) is 0 Å². The molecule has 0 bridgehead atoms. The molecule has 0 atom stereocenters. The summed E-state index contributed by atoms with van der Waals surface area (Å²) in [6, 6.07) is 3.63. The number of thioether (sulfide) groups is 1. The highest BCUT2D eigenvalue weighted by atomic mass is 35.5. The molecule has 1 fully saturated rings. The van der Waals surface area contributed by atoms with Crippen molar-refractivity contribution in [2.45, 2.75) is 22.5 Å². The smallest absolute Gasteiger partial charge is 0.335 e. The van der Waals surface area contributed by atoms with Crippen LogP contribution >= 0.6 is 23.4 Å². The number of carboxylic acids is 1. The molecule has 0 unspecified atom stereocenters. The van der Waals surface area contributed by atoms with Crippen molar-refractivity contribution in [3.63, 3.8) is 0 Å². The SMILES string of the molecule is CSC1(CNS(=O)(=O)c2cc(C(=O)O)ccc2Cl)CC1. The van der Waals surface area contributed by atoms with Crippen LogP contribution in [0.1, 0.15) is 23.2 Å². The summed E-state index contributed by atoms with van der Waals surface area (Å²) >= 11 is 7.50. The van der Waals surface area contributed by atoms with Crippen molar-refractivity contribution in [1.82, 2.24) is 4.72 Å². The molecule has 0 radical (unpaired) electrons. The van der Waals surface area contributed by atoms with E-state index >= 15 is 0 Å². The molecule has 1 saturated carbocycles. The molecule has 0 saturated heterocycles. The summed E-state index contributed by atoms with van der Waals surface area (Å²) in [5.41, 5.74) is -0.110. The van der Waals surface area contributed by atoms with Gasteiger partial charge in [0.2, 0.25) is 10.0 Å². The van der Waals surface area contributed by atoms with Gasteiger partial charge in [0.1, 0.15) is 4.90 Å². The van der Waals surface area contributed by atoms with Gasteiger partial charge in [0.15, 0.2) is 0 Å². The predicted octanol–water partition coefficient (Wildman–Crippen LogP) is 2.21. The molecule has 8 heteroatoms. The molecule has 5 nitrogen and oxygen atoms in total. The van der Waals surface area contributed by atoms with Gasteiger partial charge in [-0.15, -0.1) is 0 Å². The molecule has 1 aliphatic carbocycles. The lowest BCUT2D eigenvalue weighted by atomic mass is 10.2. The average Bonchev–Trinajstić information content (AvgIpc) is 3.17. The van der Waals surface area contributed by atoms with Crippen molar-refractivity contribution in [1.29, 1.82) is 0 Å². The van der Waals surface area contributed by atoms with E-state index in [-0.39, 0.29) is 20.2 Å². The number of carboxylic acid groups (broad SMARTS) is 1. The van der Waals surface area contributed by atoms with E-state index in [2.05, 4.69) is 4.72 Å². The molecule has 1 aromatic rings. The summed E-state index contributed by atoms with van der Waals surface area (Å²) in [5, 5.41) is 8.92. The van der Waals surface area contributed by atoms with Crippen molar-refractivity contribution >= 4 is 39.4 Å². The van der Waals surface area contributed by atoms with Crippen LogP contribution in [0.2, 0.25) is 5.02 Å². The highest BCUT2D eigenvalue weighted by Gasteiger charge is 2.42. The maximum Gasteiger partial charge on any atom is 0.335 e. The van der Waals surface area contributed by atoms with E-state index in [1.54, 1.807) is 11.8 Å². The maximum atomic E-state index is 12.2. The Balaban J connectivity index is 2.24. The first-order chi connectivity index (χ1) is 9.30. The lowest BCUT2D eigenvalue weighted by Gasteiger charge is -2.14. The van der Waals surface area contributed by atoms with Crippen LogP contribution in [-0.2, 0) is 10.0 Å². The van der Waals surface area contributed by atoms with Gasteiger partial charge in [0, 0.05) is 11.3 Å². The van der Waals surface area contributed by atoms with Crippen LogP contribution in [0.3, 0.4) is 0 Å². The van der Waals surface area contributed by atoms with Crippen LogP contribution < -0.4 is 4.72 Å². The fraction of sp³-hybridized carbons (Fsp3) is 0.417. The fourth-order valence-electron chi connectivity index (χ4n) is 1.74. The summed E-state index contributed by atoms with van der Waals surface area (Å²) in [4.78, 5) is 10.7. The molecule has 110 valence electrons. The standard InChI is InChI=1S/C12H14ClNO4S2/c1-19-12(4-5-12)7-14-20(17,18)10-6-8(11(15)16)2-3-9(10)13/h2-3,6,14H,4-5,7H2,1H3,(H,15,16). The topological polar surface area (TPSA) is 83.5 Å². The summed E-state index contributed by atoms with van der Waals surface area (Å²) in [6.45, 7) is 0.324. The zero-order valence-electron chi connectivity index (χ0n) is 10.7. The average molecular weight is 336 g/mol. The van der Waals surface area contributed by atoms with E-state index in [9.17, 15) is 13.2 Å². The Morgan fingerprint density at radius 2 is 2.15 bits per heavy atom. The van der Waals surface area contributed by atoms with Gasteiger partial charge >= 0.3 is 5.97 Å². The molecule has 0 heterocycles. The van der Waals surface area contributed by atoms with E-state index in [0.29, 0.717) is 6.54 Å². The Morgan fingerprint density at radius 1 is 1.50 bits per heavy atom. The zero-order valence-corrected chi connectivity index (χ0v) is 13.1. The van der Waals surface area contributed by atoms with Crippen molar-refractivity contribution in [3.8, 4) is 0 Å². The predicted molar refractivity (Wildman–Crippen MR) is 79.1 cm³/mol. The highest BCUT2D eigenvalue weighted by molar-refractivity contribution is 8.00. The minimum absolute atomic E-state index is 0.0106. The van der Waals surface area contributed by atoms with Crippen molar-refractivity contribution in [2.75, 3.05) is 12.8 Å². The van der Waals surface area contributed by atoms with Crippen molar-refractivity contribution < 1.29 is 18.3 Å². The number of sulfonamides is 1. The minimum atomic E-state index is -3.81. The number of nitrogens with one attached hydrogen (secondary N) is 1. The van der Waals surface area contributed by atoms with Gasteiger partial charge in [-0.2, -0.15) is 11.8 Å². The van der Waals surface area contributed by atoms with Crippen LogP contribution in [0.4, 0.5) is 0 Å². The zero-order chi connectivity index (χ0) is 15.0. The second-order valence-electron chi connectivity index (χ2n) is 4.66. The Morgan fingerprint density at radius 3 is 2.65 bits per heavy atom. The van der Waals surface area contributed by atoms with E-state index in [0.717, 1.165) is 18.9 Å².